The Morgan fingerprint density at radius 2 is 1.57 bits per heavy atom. The van der Waals surface area contributed by atoms with Crippen molar-refractivity contribution in [1.29, 1.82) is 0 Å². The number of hydrogen-bond donors (Lipinski definition) is 1. The summed E-state index contributed by atoms with van der Waals surface area (Å²) in [5.74, 6) is -0.151. The Balaban J connectivity index is 2.03. The van der Waals surface area contributed by atoms with Gasteiger partial charge in [-0.25, -0.2) is 8.42 Å². The Hall–Kier alpha value is -3.37. The summed E-state index contributed by atoms with van der Waals surface area (Å²) in [6.07, 6.45) is 2.12. The number of carbonyl (C=O) groups excluding carboxylic acids is 2. The average molecular weight is 659 g/mol. The highest BCUT2D eigenvalue weighted by molar-refractivity contribution is 9.10. The second-order valence-electron chi connectivity index (χ2n) is 9.97. The third-order valence-electron chi connectivity index (χ3n) is 6.81. The van der Waals surface area contributed by atoms with Gasteiger partial charge in [-0.1, -0.05) is 66.0 Å². The lowest BCUT2D eigenvalue weighted by atomic mass is 10.1. The minimum Gasteiger partial charge on any atom is -0.494 e. The number of benzene rings is 3. The highest BCUT2D eigenvalue weighted by atomic mass is 79.9. The molecule has 1 N–H and O–H groups in total. The number of aryl methyl sites for hydroxylation is 1. The van der Waals surface area contributed by atoms with Crippen LogP contribution in [0.5, 0.6) is 5.75 Å². The number of amides is 2. The van der Waals surface area contributed by atoms with Crippen molar-refractivity contribution in [1.82, 2.24) is 10.2 Å². The second-order valence-corrected chi connectivity index (χ2v) is 12.7. The third kappa shape index (κ3) is 8.82. The molecule has 226 valence electrons. The number of carbonyl (C=O) groups is 2. The molecule has 0 unspecified atom stereocenters. The zero-order valence-corrected chi connectivity index (χ0v) is 27.1. The Labute approximate surface area is 258 Å². The van der Waals surface area contributed by atoms with Crippen molar-refractivity contribution in [3.63, 3.8) is 0 Å². The summed E-state index contributed by atoms with van der Waals surface area (Å²) in [6.45, 7) is 8.37. The molecular weight excluding hydrogens is 618 g/mol. The van der Waals surface area contributed by atoms with Crippen molar-refractivity contribution in [2.45, 2.75) is 64.4 Å². The van der Waals surface area contributed by atoms with Gasteiger partial charge in [0, 0.05) is 17.6 Å². The van der Waals surface area contributed by atoms with Crippen molar-refractivity contribution in [3.8, 4) is 5.75 Å². The van der Waals surface area contributed by atoms with E-state index in [4.69, 9.17) is 4.74 Å². The van der Waals surface area contributed by atoms with Crippen LogP contribution in [0.15, 0.2) is 82.2 Å². The van der Waals surface area contributed by atoms with Gasteiger partial charge >= 0.3 is 0 Å². The molecule has 0 spiro atoms. The van der Waals surface area contributed by atoms with E-state index in [1.165, 1.54) is 17.0 Å². The zero-order valence-electron chi connectivity index (χ0n) is 24.7. The summed E-state index contributed by atoms with van der Waals surface area (Å²) in [5.41, 5.74) is 2.23. The Bertz CT molecular complexity index is 1410. The quantitative estimate of drug-likeness (QED) is 0.200. The zero-order chi connectivity index (χ0) is 30.7. The lowest BCUT2D eigenvalue weighted by Crippen LogP contribution is -2.52. The Morgan fingerprint density at radius 1 is 0.929 bits per heavy atom. The van der Waals surface area contributed by atoms with Crippen molar-refractivity contribution >= 4 is 43.5 Å². The van der Waals surface area contributed by atoms with Crippen molar-refractivity contribution in [2.75, 3.05) is 24.0 Å². The SMILES string of the molecule is CCCCNC(=O)[C@@H](CC)N(Cc1ccc(C)cc1)C(=O)CN(c1ccc(OCC)cc1)S(=O)(=O)c1ccc(Br)cc1. The van der Waals surface area contributed by atoms with Gasteiger partial charge in [-0.15, -0.1) is 0 Å². The summed E-state index contributed by atoms with van der Waals surface area (Å²) in [4.78, 5) is 29.0. The smallest absolute Gasteiger partial charge is 0.264 e. The van der Waals surface area contributed by atoms with Crippen molar-refractivity contribution < 1.29 is 22.7 Å². The molecular formula is C32H40BrN3O5S. The van der Waals surface area contributed by atoms with E-state index < -0.39 is 28.5 Å². The van der Waals surface area contributed by atoms with Crippen LogP contribution < -0.4 is 14.4 Å². The first-order valence-corrected chi connectivity index (χ1v) is 16.5. The molecule has 3 rings (SSSR count). The van der Waals surface area contributed by atoms with E-state index in [0.717, 1.165) is 32.7 Å². The van der Waals surface area contributed by atoms with Gasteiger partial charge in [-0.3, -0.25) is 13.9 Å². The van der Waals surface area contributed by atoms with Crippen LogP contribution in [-0.2, 0) is 26.2 Å². The molecule has 0 fully saturated rings. The van der Waals surface area contributed by atoms with Gasteiger partial charge < -0.3 is 15.0 Å². The number of sulfonamides is 1. The fraction of sp³-hybridized carbons (Fsp3) is 0.375. The van der Waals surface area contributed by atoms with Crippen molar-refractivity contribution in [3.05, 3.63) is 88.4 Å². The molecule has 3 aromatic carbocycles. The molecule has 8 nitrogen and oxygen atoms in total. The van der Waals surface area contributed by atoms with Gasteiger partial charge in [-0.05, 0) is 80.8 Å². The average Bonchev–Trinajstić information content (AvgIpc) is 2.97. The fourth-order valence-electron chi connectivity index (χ4n) is 4.45. The molecule has 0 heterocycles. The van der Waals surface area contributed by atoms with Gasteiger partial charge in [0.15, 0.2) is 0 Å². The first kappa shape index (κ1) is 33.1. The number of nitrogens with one attached hydrogen (secondary N) is 1. The monoisotopic (exact) mass is 657 g/mol. The molecule has 0 saturated heterocycles. The summed E-state index contributed by atoms with van der Waals surface area (Å²) >= 11 is 3.35. The maximum atomic E-state index is 14.1. The first-order valence-electron chi connectivity index (χ1n) is 14.2. The van der Waals surface area contributed by atoms with Crippen molar-refractivity contribution in [2.24, 2.45) is 0 Å². The largest absolute Gasteiger partial charge is 0.494 e. The molecule has 0 aliphatic heterocycles. The second kappa shape index (κ2) is 15.7. The molecule has 0 bridgehead atoms. The van der Waals surface area contributed by atoms with E-state index in [0.29, 0.717) is 31.0 Å². The van der Waals surface area contributed by atoms with Crippen LogP contribution in [0.25, 0.3) is 0 Å². The number of ether oxygens (including phenoxy) is 1. The molecule has 0 radical (unpaired) electrons. The molecule has 0 aliphatic carbocycles. The lowest BCUT2D eigenvalue weighted by molar-refractivity contribution is -0.140. The van der Waals surface area contributed by atoms with E-state index in [2.05, 4.69) is 21.2 Å². The van der Waals surface area contributed by atoms with Gasteiger partial charge in [-0.2, -0.15) is 0 Å². The molecule has 1 atom stereocenters. The number of anilines is 1. The number of halogens is 1. The summed E-state index contributed by atoms with van der Waals surface area (Å²) < 4.78 is 35.3. The topological polar surface area (TPSA) is 96.0 Å². The molecule has 42 heavy (non-hydrogen) atoms. The summed E-state index contributed by atoms with van der Waals surface area (Å²) in [6, 6.07) is 19.8. The minimum absolute atomic E-state index is 0.0434. The number of hydrogen-bond acceptors (Lipinski definition) is 5. The highest BCUT2D eigenvalue weighted by Gasteiger charge is 2.33. The molecule has 2 amide bonds. The summed E-state index contributed by atoms with van der Waals surface area (Å²) in [7, 11) is -4.15. The van der Waals surface area contributed by atoms with Crippen LogP contribution in [-0.4, -0.2) is 50.9 Å². The van der Waals surface area contributed by atoms with E-state index in [-0.39, 0.29) is 17.3 Å². The molecule has 0 aliphatic rings. The van der Waals surface area contributed by atoms with Crippen LogP contribution in [0, 0.1) is 6.92 Å². The van der Waals surface area contributed by atoms with E-state index in [1.54, 1.807) is 36.4 Å². The van der Waals surface area contributed by atoms with Crippen LogP contribution >= 0.6 is 15.9 Å². The van der Waals surface area contributed by atoms with Crippen LogP contribution in [0.2, 0.25) is 0 Å². The summed E-state index contributed by atoms with van der Waals surface area (Å²) in [5, 5.41) is 2.95. The third-order valence-corrected chi connectivity index (χ3v) is 9.12. The maximum Gasteiger partial charge on any atom is 0.264 e. The molecule has 0 aromatic heterocycles. The van der Waals surface area contributed by atoms with E-state index in [1.807, 2.05) is 52.0 Å². The van der Waals surface area contributed by atoms with Crippen LogP contribution in [0.1, 0.15) is 51.2 Å². The van der Waals surface area contributed by atoms with Gasteiger partial charge in [0.05, 0.1) is 17.2 Å². The maximum absolute atomic E-state index is 14.1. The minimum atomic E-state index is -4.15. The molecule has 10 heteroatoms. The van der Waals surface area contributed by atoms with Gasteiger partial charge in [0.1, 0.15) is 18.3 Å². The Kier molecular flexibility index (Phi) is 12.4. The van der Waals surface area contributed by atoms with Gasteiger partial charge in [0.2, 0.25) is 11.8 Å². The standard InChI is InChI=1S/C32H40BrN3O5S/c1-5-8-21-34-32(38)30(6-2)35(22-25-11-9-24(4)10-12-25)31(37)23-36(27-15-17-28(18-16-27)41-7-3)42(39,40)29-19-13-26(33)14-20-29/h9-20,30H,5-8,21-23H2,1-4H3,(H,34,38)/t30-/m1/s1. The fourth-order valence-corrected chi connectivity index (χ4v) is 6.13. The van der Waals surface area contributed by atoms with E-state index >= 15 is 0 Å². The number of nitrogens with zero attached hydrogens (tertiary/aromatic N) is 2. The van der Waals surface area contributed by atoms with Crippen LogP contribution in [0.3, 0.4) is 0 Å². The first-order chi connectivity index (χ1) is 20.1. The Morgan fingerprint density at radius 3 is 2.14 bits per heavy atom. The number of unbranched alkanes of at least 4 members (excludes halogenated alkanes) is 1. The molecule has 0 saturated carbocycles. The lowest BCUT2D eigenvalue weighted by Gasteiger charge is -2.33. The highest BCUT2D eigenvalue weighted by Crippen LogP contribution is 2.27. The van der Waals surface area contributed by atoms with E-state index in [9.17, 15) is 18.0 Å². The van der Waals surface area contributed by atoms with Gasteiger partial charge in [0.25, 0.3) is 10.0 Å². The van der Waals surface area contributed by atoms with Crippen LogP contribution in [0.4, 0.5) is 5.69 Å². The predicted octanol–water partition coefficient (Wildman–Crippen LogP) is 6.08. The predicted molar refractivity (Wildman–Crippen MR) is 170 cm³/mol. The normalized spacial score (nSPS) is 11.9. The molecule has 3 aromatic rings. The number of rotatable bonds is 15.